The number of amides is 1. The summed E-state index contributed by atoms with van der Waals surface area (Å²) in [4.78, 5) is 14.6. The van der Waals surface area contributed by atoms with Crippen molar-refractivity contribution in [2.45, 2.75) is 45.1 Å². The van der Waals surface area contributed by atoms with E-state index in [0.717, 1.165) is 18.2 Å². The largest absolute Gasteiger partial charge is 0.335 e. The van der Waals surface area contributed by atoms with Crippen LogP contribution in [-0.4, -0.2) is 28.7 Å². The smallest absolute Gasteiger partial charge is 0.254 e. The molecule has 0 saturated heterocycles. The number of alkyl halides is 1. The van der Waals surface area contributed by atoms with Crippen LogP contribution in [0.1, 0.15) is 48.0 Å². The van der Waals surface area contributed by atoms with Gasteiger partial charge in [0.25, 0.3) is 5.91 Å². The molecular weight excluding hydrogens is 321 g/mol. The van der Waals surface area contributed by atoms with Crippen LogP contribution in [-0.2, 0) is 0 Å². The fraction of sp³-hybridized carbons (Fsp3) is 0.562. The Balaban J connectivity index is 2.18. The number of carbonyl (C=O) groups excluding carboxylic acids is 1. The maximum absolute atomic E-state index is 13.7. The Morgan fingerprint density at radius 2 is 2.05 bits per heavy atom. The average molecular weight is 342 g/mol. The van der Waals surface area contributed by atoms with E-state index in [2.05, 4.69) is 15.9 Å². The number of carbonyl (C=O) groups is 1. The van der Waals surface area contributed by atoms with E-state index in [1.165, 1.54) is 25.3 Å². The third-order valence-electron chi connectivity index (χ3n) is 4.02. The monoisotopic (exact) mass is 341 g/mol. The molecule has 1 saturated carbocycles. The standard InChI is InChI=1S/C16H21BrFNO/c1-12-7-8-13(11-15(12)18)16(20)19(10-9-17)14-5-3-2-4-6-14/h7-8,11,14H,2-6,9-10H2,1H3. The van der Waals surface area contributed by atoms with Crippen LogP contribution in [0.25, 0.3) is 0 Å². The second kappa shape index (κ2) is 7.21. The maximum Gasteiger partial charge on any atom is 0.254 e. The molecule has 1 amide bonds. The molecule has 1 aliphatic rings. The van der Waals surface area contributed by atoms with Crippen molar-refractivity contribution in [1.82, 2.24) is 4.90 Å². The molecule has 20 heavy (non-hydrogen) atoms. The van der Waals surface area contributed by atoms with Gasteiger partial charge in [0.15, 0.2) is 0 Å². The van der Waals surface area contributed by atoms with Crippen molar-refractivity contribution in [2.75, 3.05) is 11.9 Å². The van der Waals surface area contributed by atoms with Gasteiger partial charge < -0.3 is 4.90 Å². The lowest BCUT2D eigenvalue weighted by Crippen LogP contribution is -2.42. The maximum atomic E-state index is 13.7. The van der Waals surface area contributed by atoms with Gasteiger partial charge in [0.1, 0.15) is 5.82 Å². The van der Waals surface area contributed by atoms with Crippen LogP contribution in [0, 0.1) is 12.7 Å². The second-order valence-corrected chi connectivity index (χ2v) is 6.24. The first-order valence-electron chi connectivity index (χ1n) is 7.26. The van der Waals surface area contributed by atoms with E-state index in [1.807, 2.05) is 4.90 Å². The van der Waals surface area contributed by atoms with Crippen LogP contribution in [0.5, 0.6) is 0 Å². The summed E-state index contributed by atoms with van der Waals surface area (Å²) in [6.45, 7) is 2.39. The van der Waals surface area contributed by atoms with Crippen LogP contribution in [0.2, 0.25) is 0 Å². The highest BCUT2D eigenvalue weighted by molar-refractivity contribution is 9.09. The molecule has 1 aromatic rings. The lowest BCUT2D eigenvalue weighted by Gasteiger charge is -2.34. The molecule has 4 heteroatoms. The first kappa shape index (κ1) is 15.5. The van der Waals surface area contributed by atoms with Gasteiger partial charge in [-0.2, -0.15) is 0 Å². The number of halogens is 2. The minimum atomic E-state index is -0.307. The van der Waals surface area contributed by atoms with Crippen molar-refractivity contribution in [3.05, 3.63) is 35.1 Å². The van der Waals surface area contributed by atoms with Crippen molar-refractivity contribution in [2.24, 2.45) is 0 Å². The quantitative estimate of drug-likeness (QED) is 0.747. The van der Waals surface area contributed by atoms with Crippen molar-refractivity contribution in [3.8, 4) is 0 Å². The molecule has 0 N–H and O–H groups in total. The van der Waals surface area contributed by atoms with E-state index < -0.39 is 0 Å². The Kier molecular flexibility index (Phi) is 5.58. The Bertz CT molecular complexity index is 472. The van der Waals surface area contributed by atoms with Crippen LogP contribution in [0.3, 0.4) is 0 Å². The second-order valence-electron chi connectivity index (χ2n) is 5.44. The number of aryl methyl sites for hydroxylation is 1. The molecule has 0 aliphatic heterocycles. The number of hydrogen-bond acceptors (Lipinski definition) is 1. The van der Waals surface area contributed by atoms with E-state index in [0.29, 0.717) is 23.7 Å². The van der Waals surface area contributed by atoms with Crippen LogP contribution in [0.4, 0.5) is 4.39 Å². The van der Waals surface area contributed by atoms with Gasteiger partial charge >= 0.3 is 0 Å². The van der Waals surface area contributed by atoms with Gasteiger partial charge in [-0.05, 0) is 37.5 Å². The fourth-order valence-corrected chi connectivity index (χ4v) is 3.21. The van der Waals surface area contributed by atoms with E-state index in [4.69, 9.17) is 0 Å². The first-order chi connectivity index (χ1) is 9.63. The lowest BCUT2D eigenvalue weighted by molar-refractivity contribution is 0.0650. The molecule has 1 fully saturated rings. The van der Waals surface area contributed by atoms with E-state index in [9.17, 15) is 9.18 Å². The van der Waals surface area contributed by atoms with E-state index >= 15 is 0 Å². The molecule has 1 aliphatic carbocycles. The van der Waals surface area contributed by atoms with Crippen molar-refractivity contribution >= 4 is 21.8 Å². The SMILES string of the molecule is Cc1ccc(C(=O)N(CCBr)C2CCCCC2)cc1F. The zero-order valence-electron chi connectivity index (χ0n) is 11.9. The van der Waals surface area contributed by atoms with Gasteiger partial charge in [-0.15, -0.1) is 0 Å². The predicted octanol–water partition coefficient (Wildman–Crippen LogP) is 4.30. The summed E-state index contributed by atoms with van der Waals surface area (Å²) in [7, 11) is 0. The molecule has 0 spiro atoms. The topological polar surface area (TPSA) is 20.3 Å². The minimum Gasteiger partial charge on any atom is -0.335 e. The van der Waals surface area contributed by atoms with Gasteiger partial charge in [-0.1, -0.05) is 41.3 Å². The number of rotatable bonds is 4. The molecular formula is C16H21BrFNO. The zero-order chi connectivity index (χ0) is 14.5. The summed E-state index contributed by atoms with van der Waals surface area (Å²) in [5.74, 6) is -0.353. The summed E-state index contributed by atoms with van der Waals surface area (Å²) < 4.78 is 13.7. The number of hydrogen-bond donors (Lipinski definition) is 0. The predicted molar refractivity (Wildman–Crippen MR) is 82.8 cm³/mol. The molecule has 2 rings (SSSR count). The Hall–Kier alpha value is -0.900. The first-order valence-corrected chi connectivity index (χ1v) is 8.38. The Labute approximate surface area is 128 Å². The van der Waals surface area contributed by atoms with Gasteiger partial charge in [0.2, 0.25) is 0 Å². The molecule has 0 heterocycles. The number of nitrogens with zero attached hydrogens (tertiary/aromatic N) is 1. The Morgan fingerprint density at radius 3 is 2.65 bits per heavy atom. The molecule has 0 radical (unpaired) electrons. The molecule has 0 aromatic heterocycles. The van der Waals surface area contributed by atoms with Gasteiger partial charge in [0.05, 0.1) is 0 Å². The molecule has 1 aromatic carbocycles. The molecule has 0 unspecified atom stereocenters. The van der Waals surface area contributed by atoms with Crippen LogP contribution < -0.4 is 0 Å². The summed E-state index contributed by atoms with van der Waals surface area (Å²) >= 11 is 3.42. The highest BCUT2D eigenvalue weighted by Crippen LogP contribution is 2.24. The summed E-state index contributed by atoms with van der Waals surface area (Å²) in [5, 5.41) is 0.754. The van der Waals surface area contributed by atoms with E-state index in [1.54, 1.807) is 19.1 Å². The summed E-state index contributed by atoms with van der Waals surface area (Å²) in [6, 6.07) is 5.07. The van der Waals surface area contributed by atoms with Crippen LogP contribution in [0.15, 0.2) is 18.2 Å². The number of benzene rings is 1. The minimum absolute atomic E-state index is 0.0461. The van der Waals surface area contributed by atoms with Gasteiger partial charge in [-0.25, -0.2) is 4.39 Å². The van der Waals surface area contributed by atoms with Crippen molar-refractivity contribution in [1.29, 1.82) is 0 Å². The fourth-order valence-electron chi connectivity index (χ4n) is 2.83. The third kappa shape index (κ3) is 3.60. The molecule has 2 nitrogen and oxygen atoms in total. The lowest BCUT2D eigenvalue weighted by atomic mass is 9.93. The third-order valence-corrected chi connectivity index (χ3v) is 4.38. The zero-order valence-corrected chi connectivity index (χ0v) is 13.5. The normalized spacial score (nSPS) is 16.1. The highest BCUT2D eigenvalue weighted by Gasteiger charge is 2.26. The van der Waals surface area contributed by atoms with Crippen LogP contribution >= 0.6 is 15.9 Å². The molecule has 0 bridgehead atoms. The van der Waals surface area contributed by atoms with Crippen molar-refractivity contribution < 1.29 is 9.18 Å². The van der Waals surface area contributed by atoms with E-state index in [-0.39, 0.29) is 11.7 Å². The Morgan fingerprint density at radius 1 is 1.35 bits per heavy atom. The van der Waals surface area contributed by atoms with Crippen molar-refractivity contribution in [3.63, 3.8) is 0 Å². The summed E-state index contributed by atoms with van der Waals surface area (Å²) in [5.41, 5.74) is 1.03. The van der Waals surface area contributed by atoms with Gasteiger partial charge in [0, 0.05) is 23.5 Å². The van der Waals surface area contributed by atoms with Gasteiger partial charge in [-0.3, -0.25) is 4.79 Å². The molecule has 110 valence electrons. The highest BCUT2D eigenvalue weighted by atomic mass is 79.9. The summed E-state index contributed by atoms with van der Waals surface area (Å²) in [6.07, 6.45) is 5.74. The average Bonchev–Trinajstić information content (AvgIpc) is 2.48. The molecule has 0 atom stereocenters.